The first kappa shape index (κ1) is 59.1. The van der Waals surface area contributed by atoms with Crippen LogP contribution in [0.2, 0.25) is 18.1 Å². The molecule has 0 saturated carbocycles. The molecule has 0 N–H and O–H groups in total. The first-order chi connectivity index (χ1) is 34.8. The normalized spacial score (nSPS) is 29.7. The lowest BCUT2D eigenvalue weighted by Gasteiger charge is -2.50. The van der Waals surface area contributed by atoms with E-state index in [9.17, 15) is 19.4 Å². The summed E-state index contributed by atoms with van der Waals surface area (Å²) in [6.07, 6.45) is -10.9. The van der Waals surface area contributed by atoms with Gasteiger partial charge in [-0.1, -0.05) is 139 Å². The van der Waals surface area contributed by atoms with Gasteiger partial charge in [0.25, 0.3) is 0 Å². The molecule has 4 fully saturated rings. The number of hydrogen-bond acceptors (Lipinski definition) is 19. The summed E-state index contributed by atoms with van der Waals surface area (Å²) in [5.74, 6) is -1.30. The van der Waals surface area contributed by atoms with E-state index in [4.69, 9.17) is 64.7 Å². The predicted molar refractivity (Wildman–Crippen MR) is 275 cm³/mol. The minimum absolute atomic E-state index is 0.0325. The largest absolute Gasteiger partial charge is 0.606 e. The molecule has 10 atom stereocenters. The Labute approximate surface area is 442 Å². The Hall–Kier alpha value is -2.53. The van der Waals surface area contributed by atoms with Crippen LogP contribution in [0.15, 0.2) is 95.9 Å². The minimum Gasteiger partial charge on any atom is -0.606 e. The molecule has 3 aromatic rings. The van der Waals surface area contributed by atoms with Crippen molar-refractivity contribution in [1.29, 1.82) is 0 Å². The number of benzene rings is 3. The lowest BCUT2D eigenvalue weighted by atomic mass is 9.97. The van der Waals surface area contributed by atoms with Gasteiger partial charge >= 0.3 is 28.3 Å². The Bertz CT molecular complexity index is 2240. The highest BCUT2D eigenvalue weighted by Crippen LogP contribution is 2.62. The van der Waals surface area contributed by atoms with Crippen LogP contribution in [0.3, 0.4) is 0 Å². The molecule has 22 heteroatoms. The van der Waals surface area contributed by atoms with Crippen LogP contribution in [0.1, 0.15) is 73.4 Å². The molecule has 7 rings (SSSR count). The van der Waals surface area contributed by atoms with E-state index in [0.717, 1.165) is 16.0 Å². The number of esters is 2. The van der Waals surface area contributed by atoms with Gasteiger partial charge < -0.3 is 47.4 Å². The molecular weight excluding hydrogens is 1030 g/mol. The van der Waals surface area contributed by atoms with E-state index in [1.165, 1.54) is 25.6 Å². The van der Waals surface area contributed by atoms with Crippen molar-refractivity contribution in [2.24, 2.45) is 10.8 Å². The van der Waals surface area contributed by atoms with E-state index >= 15 is 0 Å². The zero-order valence-corrected chi connectivity index (χ0v) is 47.8. The van der Waals surface area contributed by atoms with Gasteiger partial charge in [0.2, 0.25) is 0 Å². The molecule has 410 valence electrons. The van der Waals surface area contributed by atoms with Crippen LogP contribution in [0, 0.1) is 10.8 Å². The smallest absolute Gasteiger partial charge is 0.380 e. The van der Waals surface area contributed by atoms with Crippen molar-refractivity contribution in [2.75, 3.05) is 39.6 Å². The average Bonchev–Trinajstić information content (AvgIpc) is 3.34. The fourth-order valence-corrected chi connectivity index (χ4v) is 14.0. The average molecular weight is 1110 g/mol. The third-order valence-corrected chi connectivity index (χ3v) is 21.5. The van der Waals surface area contributed by atoms with E-state index in [1.54, 1.807) is 0 Å². The van der Waals surface area contributed by atoms with Gasteiger partial charge in [0.05, 0.1) is 19.8 Å². The van der Waals surface area contributed by atoms with Gasteiger partial charge in [0, 0.05) is 29.6 Å². The lowest BCUT2D eigenvalue weighted by Crippen LogP contribution is -2.66. The quantitative estimate of drug-likeness (QED) is 0.0592. The molecule has 0 aliphatic carbocycles. The van der Waals surface area contributed by atoms with Gasteiger partial charge in [-0.2, -0.15) is 27.1 Å². The Morgan fingerprint density at radius 3 is 1.58 bits per heavy atom. The summed E-state index contributed by atoms with van der Waals surface area (Å²) in [6.45, 7) is 20.0. The fourth-order valence-electron chi connectivity index (χ4n) is 8.00. The van der Waals surface area contributed by atoms with Crippen LogP contribution in [-0.2, 0) is 87.5 Å². The first-order valence-corrected chi connectivity index (χ1v) is 31.6. The summed E-state index contributed by atoms with van der Waals surface area (Å²) in [4.78, 5) is 55.4. The van der Waals surface area contributed by atoms with Gasteiger partial charge in [-0.3, -0.25) is 9.59 Å². The highest BCUT2D eigenvalue weighted by molar-refractivity contribution is 7.99. The topological polar surface area (TPSA) is 209 Å². The van der Waals surface area contributed by atoms with Crippen molar-refractivity contribution in [2.45, 2.75) is 159 Å². The van der Waals surface area contributed by atoms with Crippen LogP contribution in [0.4, 0.5) is 0 Å². The maximum atomic E-state index is 14.6. The van der Waals surface area contributed by atoms with Crippen molar-refractivity contribution in [3.8, 4) is 0 Å². The zero-order valence-electron chi connectivity index (χ0n) is 44.2. The van der Waals surface area contributed by atoms with Crippen molar-refractivity contribution >= 4 is 48.4 Å². The van der Waals surface area contributed by atoms with Gasteiger partial charge in [-0.05, 0) is 41.4 Å². The van der Waals surface area contributed by atoms with Crippen molar-refractivity contribution in [1.82, 2.24) is 0 Å². The molecule has 4 aliphatic rings. The molecule has 0 radical (unpaired) electrons. The number of carbonyl (C=O) groups is 2. The Morgan fingerprint density at radius 2 is 1.09 bits per heavy atom. The Kier molecular flexibility index (Phi) is 20.0. The number of phosphoric ester groups is 2. The monoisotopic (exact) mass is 1110 g/mol. The van der Waals surface area contributed by atoms with E-state index in [2.05, 4.69) is 0 Å². The maximum absolute atomic E-state index is 14.6. The number of ether oxygens (including phenoxy) is 7. The molecule has 74 heavy (non-hydrogen) atoms. The third kappa shape index (κ3) is 16.3. The maximum Gasteiger partial charge on any atom is 0.380 e. The Morgan fingerprint density at radius 1 is 0.622 bits per heavy atom. The molecule has 4 saturated heterocycles. The fraction of sp³-hybridized carbons (Fsp3) is 0.615. The molecule has 0 unspecified atom stereocenters. The van der Waals surface area contributed by atoms with Gasteiger partial charge in [-0.25, -0.2) is 0 Å². The summed E-state index contributed by atoms with van der Waals surface area (Å²) >= 11 is 1.31. The molecule has 0 aromatic heterocycles. The SMILES string of the molecule is CC(=O)OC[C@H]1O[C@H](OC[C@H]2O[C@H](Sc3ccccc3)[C@H](O[P+]3([O-])OCC(C)(C)CO3)[C@@H](OCc3ccccc3)[C@@H]2OCc2ccccc2)[C@@H](O[P+]2([O-])OCC(C)(C)CO2)[C@@H](O[Si](C)(C)C(C)(C)C)[C@@H]1OC(C)=O. The first-order valence-electron chi connectivity index (χ1n) is 24.9. The zero-order chi connectivity index (χ0) is 53.5. The standard InChI is InChI=1S/C52H74O18P2SSi/c1-35(53)57-29-41-43(65-36(2)54)45(70-74(10,11)50(3,4)5)46(68-71(55)61-31-51(6,7)32-62-71)48(66-41)60-30-40-42(58-27-37-21-15-12-16-22-37)44(59-28-38-23-17-13-18-24-38)47(49(67-40)73-39-25-19-14-20-26-39)69-72(56)63-33-52(8,9)34-64-72/h12-26,40-49H,27-34H2,1-11H3/t40-,41-,42-,43-,44+,45+,46+,47-,48+,49-/m1/s1. The van der Waals surface area contributed by atoms with E-state index < -0.39 is 113 Å². The molecule has 0 bridgehead atoms. The second kappa shape index (κ2) is 25.1. The highest BCUT2D eigenvalue weighted by Gasteiger charge is 2.60. The summed E-state index contributed by atoms with van der Waals surface area (Å²) in [5, 5.41) is -0.405. The molecule has 18 nitrogen and oxygen atoms in total. The number of rotatable bonds is 20. The number of carbonyl (C=O) groups excluding carboxylic acids is 2. The second-order valence-electron chi connectivity index (χ2n) is 22.0. The predicted octanol–water partition coefficient (Wildman–Crippen LogP) is 8.29. The van der Waals surface area contributed by atoms with Crippen LogP contribution >= 0.6 is 28.1 Å². The van der Waals surface area contributed by atoms with Gasteiger partial charge in [-0.15, -0.1) is 0 Å². The number of thioether (sulfide) groups is 1. The van der Waals surface area contributed by atoms with Crippen molar-refractivity contribution < 1.29 is 84.1 Å². The highest BCUT2D eigenvalue weighted by atomic mass is 32.2. The Balaban J connectivity index is 1.32. The second-order valence-corrected chi connectivity index (χ2v) is 31.2. The van der Waals surface area contributed by atoms with Crippen LogP contribution in [-0.4, -0.2) is 120 Å². The van der Waals surface area contributed by atoms with E-state index in [1.807, 2.05) is 153 Å². The van der Waals surface area contributed by atoms with Crippen LogP contribution < -0.4 is 9.79 Å². The minimum atomic E-state index is -4.40. The molecule has 4 heterocycles. The summed E-state index contributed by atoms with van der Waals surface area (Å²) in [6, 6.07) is 28.6. The lowest BCUT2D eigenvalue weighted by molar-refractivity contribution is -0.330. The summed E-state index contributed by atoms with van der Waals surface area (Å²) in [5.41, 5.74) is -0.227. The molecular formula is C52H74O18P2SSi. The third-order valence-electron chi connectivity index (χ3n) is 13.1. The molecule has 3 aromatic carbocycles. The van der Waals surface area contributed by atoms with Crippen LogP contribution in [0.5, 0.6) is 0 Å². The summed E-state index contributed by atoms with van der Waals surface area (Å²) in [7, 11) is -11.5. The number of phosphoric acid groups is 2. The van der Waals surface area contributed by atoms with Gasteiger partial charge in [0.1, 0.15) is 69.0 Å². The summed E-state index contributed by atoms with van der Waals surface area (Å²) < 4.78 is 89.7. The molecule has 0 amide bonds. The van der Waals surface area contributed by atoms with E-state index in [0.29, 0.717) is 0 Å². The molecule has 4 aliphatic heterocycles. The van der Waals surface area contributed by atoms with Crippen molar-refractivity contribution in [3.05, 3.63) is 102 Å². The van der Waals surface area contributed by atoms with Crippen molar-refractivity contribution in [3.63, 3.8) is 0 Å². The number of hydrogen-bond donors (Lipinski definition) is 0. The molecule has 0 spiro atoms. The van der Waals surface area contributed by atoms with Gasteiger partial charge in [0.15, 0.2) is 32.9 Å². The van der Waals surface area contributed by atoms with Crippen LogP contribution in [0.25, 0.3) is 0 Å². The van der Waals surface area contributed by atoms with E-state index in [-0.39, 0.29) is 52.9 Å².